The van der Waals surface area contributed by atoms with Gasteiger partial charge in [-0.25, -0.2) is 9.59 Å². The van der Waals surface area contributed by atoms with Gasteiger partial charge in [-0.1, -0.05) is 6.07 Å². The van der Waals surface area contributed by atoms with Gasteiger partial charge in [-0.05, 0) is 51.3 Å². The van der Waals surface area contributed by atoms with Crippen molar-refractivity contribution in [3.63, 3.8) is 0 Å². The first-order chi connectivity index (χ1) is 12.9. The average Bonchev–Trinajstić information content (AvgIpc) is 2.62. The Labute approximate surface area is 157 Å². The lowest BCUT2D eigenvalue weighted by Crippen LogP contribution is -2.21. The molecule has 0 aliphatic rings. The summed E-state index contributed by atoms with van der Waals surface area (Å²) in [5.41, 5.74) is 0.711. The van der Waals surface area contributed by atoms with Gasteiger partial charge in [0, 0.05) is 12.2 Å². The second-order valence-electron chi connectivity index (χ2n) is 5.67. The molecule has 27 heavy (non-hydrogen) atoms. The van der Waals surface area contributed by atoms with Gasteiger partial charge < -0.3 is 18.8 Å². The first-order valence-electron chi connectivity index (χ1n) is 8.78. The smallest absolute Gasteiger partial charge is 0.374 e. The summed E-state index contributed by atoms with van der Waals surface area (Å²) >= 11 is 0. The quantitative estimate of drug-likeness (QED) is 0.422. The summed E-state index contributed by atoms with van der Waals surface area (Å²) in [7, 11) is 0. The highest BCUT2D eigenvalue weighted by atomic mass is 16.6. The molecule has 0 spiro atoms. The molecule has 7 nitrogen and oxygen atoms in total. The highest BCUT2D eigenvalue weighted by Gasteiger charge is 2.17. The molecule has 0 aliphatic carbocycles. The van der Waals surface area contributed by atoms with Crippen LogP contribution in [0.3, 0.4) is 0 Å². The third kappa shape index (κ3) is 4.75. The first-order valence-corrected chi connectivity index (χ1v) is 8.78. The largest absolute Gasteiger partial charge is 0.463 e. The minimum absolute atomic E-state index is 0.126. The molecule has 2 aromatic rings. The molecule has 0 saturated heterocycles. The van der Waals surface area contributed by atoms with Crippen molar-refractivity contribution in [3.8, 4) is 5.75 Å². The molecule has 0 atom stereocenters. The van der Waals surface area contributed by atoms with Crippen molar-refractivity contribution in [3.05, 3.63) is 52.1 Å². The maximum absolute atomic E-state index is 12.6. The number of ether oxygens (including phenoxy) is 3. The van der Waals surface area contributed by atoms with E-state index < -0.39 is 11.9 Å². The summed E-state index contributed by atoms with van der Waals surface area (Å²) in [6, 6.07) is 6.80. The number of aryl methyl sites for hydroxylation is 1. The number of benzene rings is 1. The van der Waals surface area contributed by atoms with E-state index in [1.54, 1.807) is 36.6 Å². The second kappa shape index (κ2) is 9.02. The van der Waals surface area contributed by atoms with Crippen molar-refractivity contribution in [2.24, 2.45) is 0 Å². The number of carbonyl (C=O) groups is 2. The summed E-state index contributed by atoms with van der Waals surface area (Å²) in [6.45, 7) is 7.89. The number of nitrogens with zero attached hydrogens (tertiary/aromatic N) is 1. The van der Waals surface area contributed by atoms with Crippen LogP contribution in [-0.2, 0) is 25.6 Å². The van der Waals surface area contributed by atoms with Gasteiger partial charge in [0.05, 0.1) is 24.7 Å². The molecule has 0 bridgehead atoms. The molecule has 0 radical (unpaired) electrons. The maximum Gasteiger partial charge on any atom is 0.374 e. The van der Waals surface area contributed by atoms with Gasteiger partial charge in [-0.2, -0.15) is 0 Å². The van der Waals surface area contributed by atoms with Gasteiger partial charge in [0.15, 0.2) is 0 Å². The van der Waals surface area contributed by atoms with Crippen molar-refractivity contribution in [1.29, 1.82) is 0 Å². The Kier molecular flexibility index (Phi) is 6.76. The van der Waals surface area contributed by atoms with Crippen molar-refractivity contribution < 1.29 is 23.8 Å². The molecule has 0 aliphatic heterocycles. The number of esters is 2. The Bertz CT molecular complexity index is 941. The molecule has 7 heteroatoms. The summed E-state index contributed by atoms with van der Waals surface area (Å²) in [4.78, 5) is 36.4. The first kappa shape index (κ1) is 20.2. The van der Waals surface area contributed by atoms with Crippen LogP contribution in [-0.4, -0.2) is 29.7 Å². The summed E-state index contributed by atoms with van der Waals surface area (Å²) in [5, 5.41) is 1.22. The predicted molar refractivity (Wildman–Crippen MR) is 101 cm³/mol. The third-order valence-corrected chi connectivity index (χ3v) is 3.85. The van der Waals surface area contributed by atoms with E-state index in [0.29, 0.717) is 11.9 Å². The Morgan fingerprint density at radius 3 is 2.41 bits per heavy atom. The van der Waals surface area contributed by atoms with Crippen LogP contribution >= 0.6 is 0 Å². The van der Waals surface area contributed by atoms with Crippen LogP contribution in [0.25, 0.3) is 10.8 Å². The monoisotopic (exact) mass is 373 g/mol. The Balaban J connectivity index is 2.45. The van der Waals surface area contributed by atoms with E-state index >= 15 is 0 Å². The van der Waals surface area contributed by atoms with Crippen LogP contribution in [0.1, 0.15) is 26.5 Å². The lowest BCUT2D eigenvalue weighted by Gasteiger charge is -2.12. The van der Waals surface area contributed by atoms with Gasteiger partial charge in [0.25, 0.3) is 5.56 Å². The van der Waals surface area contributed by atoms with E-state index in [-0.39, 0.29) is 30.3 Å². The molecule has 2 rings (SSSR count). The normalized spacial score (nSPS) is 11.3. The van der Waals surface area contributed by atoms with Gasteiger partial charge in [0.1, 0.15) is 5.75 Å². The molecule has 0 N–H and O–H groups in total. The van der Waals surface area contributed by atoms with Crippen LogP contribution in [0.5, 0.6) is 5.75 Å². The van der Waals surface area contributed by atoms with Crippen LogP contribution in [0, 0.1) is 6.92 Å². The van der Waals surface area contributed by atoms with Gasteiger partial charge in [-0.15, -0.1) is 0 Å². The van der Waals surface area contributed by atoms with Crippen LogP contribution in [0.2, 0.25) is 0 Å². The van der Waals surface area contributed by atoms with Crippen molar-refractivity contribution in [1.82, 2.24) is 4.57 Å². The predicted octanol–water partition coefficient (Wildman–Crippen LogP) is 2.72. The summed E-state index contributed by atoms with van der Waals surface area (Å²) in [6.07, 6.45) is 0.936. The van der Waals surface area contributed by atoms with Crippen LogP contribution in [0.4, 0.5) is 0 Å². The summed E-state index contributed by atoms with van der Waals surface area (Å²) < 4.78 is 16.9. The van der Waals surface area contributed by atoms with Gasteiger partial charge >= 0.3 is 11.9 Å². The van der Waals surface area contributed by atoms with E-state index in [1.807, 2.05) is 19.9 Å². The highest BCUT2D eigenvalue weighted by Crippen LogP contribution is 2.21. The lowest BCUT2D eigenvalue weighted by atomic mass is 10.1. The number of rotatable bonds is 7. The SMILES string of the molecule is CCOC(=O)/C=C(/Oc1ccc2cc(C)n(CC)c(=O)c2c1)C(=O)OCC. The van der Waals surface area contributed by atoms with E-state index in [2.05, 4.69) is 0 Å². The average molecular weight is 373 g/mol. The summed E-state index contributed by atoms with van der Waals surface area (Å²) in [5.74, 6) is -1.57. The third-order valence-electron chi connectivity index (χ3n) is 3.85. The molecular formula is C20H23NO6. The van der Waals surface area contributed by atoms with Crippen molar-refractivity contribution >= 4 is 22.7 Å². The number of aromatic nitrogens is 1. The van der Waals surface area contributed by atoms with E-state index in [4.69, 9.17) is 14.2 Å². The zero-order valence-electron chi connectivity index (χ0n) is 15.9. The topological polar surface area (TPSA) is 83.8 Å². The fourth-order valence-electron chi connectivity index (χ4n) is 2.66. The Hall–Kier alpha value is -3.09. The number of pyridine rings is 1. The van der Waals surface area contributed by atoms with Crippen molar-refractivity contribution in [2.75, 3.05) is 13.2 Å². The molecule has 144 valence electrons. The van der Waals surface area contributed by atoms with Gasteiger partial charge in [0.2, 0.25) is 5.76 Å². The zero-order chi connectivity index (χ0) is 20.0. The standard InChI is InChI=1S/C20H23NO6/c1-5-21-13(4)10-14-8-9-15(11-16(14)19(21)23)27-17(20(24)26-7-3)12-18(22)25-6-2/h8-12H,5-7H2,1-4H3/b17-12+. The van der Waals surface area contributed by atoms with Crippen molar-refractivity contribution in [2.45, 2.75) is 34.2 Å². The van der Waals surface area contributed by atoms with Gasteiger partial charge in [-0.3, -0.25) is 4.79 Å². The molecule has 0 saturated carbocycles. The molecule has 1 heterocycles. The fourth-order valence-corrected chi connectivity index (χ4v) is 2.66. The molecule has 0 amide bonds. The van der Waals surface area contributed by atoms with E-state index in [9.17, 15) is 14.4 Å². The van der Waals surface area contributed by atoms with Crippen LogP contribution < -0.4 is 10.3 Å². The molecule has 1 aromatic carbocycles. The minimum Gasteiger partial charge on any atom is -0.463 e. The molecular weight excluding hydrogens is 350 g/mol. The number of hydrogen-bond acceptors (Lipinski definition) is 6. The van der Waals surface area contributed by atoms with E-state index in [0.717, 1.165) is 17.2 Å². The second-order valence-corrected chi connectivity index (χ2v) is 5.67. The molecule has 1 aromatic heterocycles. The molecule has 0 fully saturated rings. The highest BCUT2D eigenvalue weighted by molar-refractivity contribution is 5.95. The van der Waals surface area contributed by atoms with E-state index in [1.165, 1.54) is 0 Å². The molecule has 0 unspecified atom stereocenters. The minimum atomic E-state index is -0.791. The number of carbonyl (C=O) groups excluding carboxylic acids is 2. The zero-order valence-corrected chi connectivity index (χ0v) is 15.9. The van der Waals surface area contributed by atoms with Crippen LogP contribution in [0.15, 0.2) is 40.9 Å². The maximum atomic E-state index is 12.6. The lowest BCUT2D eigenvalue weighted by molar-refractivity contribution is -0.143. The fraction of sp³-hybridized carbons (Fsp3) is 0.350. The Morgan fingerprint density at radius 2 is 1.78 bits per heavy atom. The Morgan fingerprint density at radius 1 is 1.07 bits per heavy atom. The number of hydrogen-bond donors (Lipinski definition) is 0. The number of fused-ring (bicyclic) bond motifs is 1.